The average Bonchev–Trinajstić information content (AvgIpc) is 3.53. The van der Waals surface area contributed by atoms with Crippen LogP contribution in [0.1, 0.15) is 60.2 Å². The molecule has 2 aromatic heterocycles. The molecule has 1 N–H and O–H groups in total. The van der Waals surface area contributed by atoms with E-state index in [1.165, 1.54) is 48.6 Å². The van der Waals surface area contributed by atoms with Crippen molar-refractivity contribution < 1.29 is 22.7 Å². The first-order chi connectivity index (χ1) is 15.4. The highest BCUT2D eigenvalue weighted by molar-refractivity contribution is 7.13. The first-order valence-corrected chi connectivity index (χ1v) is 11.2. The Hall–Kier alpha value is -2.78. The van der Waals surface area contributed by atoms with Crippen molar-refractivity contribution in [2.24, 2.45) is 0 Å². The molecule has 1 atom stereocenters. The Labute approximate surface area is 186 Å². The molecule has 1 aliphatic rings. The van der Waals surface area contributed by atoms with Crippen LogP contribution in [0.2, 0.25) is 0 Å². The maximum atomic E-state index is 13.8. The van der Waals surface area contributed by atoms with E-state index in [9.17, 15) is 18.3 Å². The highest BCUT2D eigenvalue weighted by Crippen LogP contribution is 2.43. The zero-order chi connectivity index (χ0) is 22.3. The lowest BCUT2D eigenvalue weighted by atomic mass is 9.93. The Morgan fingerprint density at radius 1 is 1.03 bits per heavy atom. The van der Waals surface area contributed by atoms with Crippen LogP contribution in [0.25, 0.3) is 10.1 Å². The van der Waals surface area contributed by atoms with E-state index < -0.39 is 17.7 Å². The summed E-state index contributed by atoms with van der Waals surface area (Å²) in [4.78, 5) is 0. The molecule has 0 spiro atoms. The molecular formula is C23H20F3N3O2S. The number of rotatable bonds is 5. The van der Waals surface area contributed by atoms with Crippen LogP contribution in [-0.2, 0) is 12.0 Å². The molecule has 166 valence electrons. The Morgan fingerprint density at radius 2 is 1.78 bits per heavy atom. The van der Waals surface area contributed by atoms with Crippen LogP contribution in [0.3, 0.4) is 0 Å². The summed E-state index contributed by atoms with van der Waals surface area (Å²) in [6.07, 6.45) is -0.0918. The van der Waals surface area contributed by atoms with Crippen molar-refractivity contribution in [2.75, 3.05) is 0 Å². The van der Waals surface area contributed by atoms with E-state index in [1.807, 2.05) is 18.2 Å². The third-order valence-corrected chi connectivity index (χ3v) is 6.86. The number of alkyl halides is 3. The quantitative estimate of drug-likeness (QED) is 0.413. The van der Waals surface area contributed by atoms with Crippen LogP contribution in [0.5, 0.6) is 0 Å². The van der Waals surface area contributed by atoms with Gasteiger partial charge in [0.25, 0.3) is 11.5 Å². The number of fused-ring (bicyclic) bond motifs is 1. The number of aliphatic hydroxyl groups is 1. The summed E-state index contributed by atoms with van der Waals surface area (Å²) in [6.45, 7) is 0. The molecule has 0 amide bonds. The summed E-state index contributed by atoms with van der Waals surface area (Å²) in [7, 11) is 0. The minimum Gasteiger partial charge on any atom is -0.421 e. The molecule has 0 saturated heterocycles. The van der Waals surface area contributed by atoms with E-state index in [4.69, 9.17) is 4.42 Å². The molecule has 0 aliphatic heterocycles. The van der Waals surface area contributed by atoms with E-state index in [0.717, 1.165) is 34.2 Å². The summed E-state index contributed by atoms with van der Waals surface area (Å²) in [6, 6.07) is 12.6. The average molecular weight is 459 g/mol. The van der Waals surface area contributed by atoms with Crippen LogP contribution in [0.15, 0.2) is 52.9 Å². The Morgan fingerprint density at radius 3 is 2.50 bits per heavy atom. The molecule has 9 heteroatoms. The number of hydrogen-bond donors (Lipinski definition) is 1. The fourth-order valence-electron chi connectivity index (χ4n) is 4.34. The van der Waals surface area contributed by atoms with Gasteiger partial charge in [-0.2, -0.15) is 17.5 Å². The minimum absolute atomic E-state index is 0.00140. The van der Waals surface area contributed by atoms with Gasteiger partial charge in [-0.3, -0.25) is 0 Å². The molecule has 2 heterocycles. The third kappa shape index (κ3) is 3.59. The maximum absolute atomic E-state index is 13.8. The van der Waals surface area contributed by atoms with Crippen molar-refractivity contribution in [2.45, 2.75) is 49.8 Å². The van der Waals surface area contributed by atoms with Gasteiger partial charge in [0.15, 0.2) is 0 Å². The van der Waals surface area contributed by atoms with Crippen molar-refractivity contribution in [1.82, 2.24) is 14.6 Å². The van der Waals surface area contributed by atoms with Crippen LogP contribution in [0.4, 0.5) is 13.2 Å². The van der Waals surface area contributed by atoms with Crippen LogP contribution in [-0.4, -0.2) is 25.9 Å². The van der Waals surface area contributed by atoms with E-state index in [0.29, 0.717) is 5.92 Å². The smallest absolute Gasteiger partial charge is 0.421 e. The number of aromatic nitrogens is 3. The van der Waals surface area contributed by atoms with Crippen molar-refractivity contribution in [3.05, 3.63) is 77.1 Å². The zero-order valence-electron chi connectivity index (χ0n) is 17.0. The van der Waals surface area contributed by atoms with Gasteiger partial charge in [0.1, 0.15) is 0 Å². The molecule has 1 unspecified atom stereocenters. The fourth-order valence-corrected chi connectivity index (χ4v) is 5.26. The van der Waals surface area contributed by atoms with Gasteiger partial charge >= 0.3 is 6.18 Å². The van der Waals surface area contributed by atoms with Gasteiger partial charge < -0.3 is 9.52 Å². The molecule has 5 rings (SSSR count). The lowest BCUT2D eigenvalue weighted by Crippen LogP contribution is -2.43. The third-order valence-electron chi connectivity index (χ3n) is 6.04. The zero-order valence-corrected chi connectivity index (χ0v) is 17.8. The van der Waals surface area contributed by atoms with Gasteiger partial charge in [-0.15, -0.1) is 10.2 Å². The Kier molecular flexibility index (Phi) is 5.25. The van der Waals surface area contributed by atoms with Crippen molar-refractivity contribution >= 4 is 21.6 Å². The number of halogens is 3. The van der Waals surface area contributed by atoms with Crippen LogP contribution in [0, 0.1) is 0 Å². The van der Waals surface area contributed by atoms with E-state index in [-0.39, 0.29) is 17.9 Å². The number of hydrogen-bond acceptors (Lipinski definition) is 6. The Balaban J connectivity index is 1.43. The first kappa shape index (κ1) is 21.1. The highest BCUT2D eigenvalue weighted by Gasteiger charge is 2.60. The van der Waals surface area contributed by atoms with Gasteiger partial charge in [0.2, 0.25) is 5.89 Å². The van der Waals surface area contributed by atoms with Gasteiger partial charge in [-0.1, -0.05) is 55.3 Å². The Bertz CT molecular complexity index is 1230. The fraction of sp³-hybridized carbons (Fsp3) is 0.348. The second-order valence-electron chi connectivity index (χ2n) is 8.13. The van der Waals surface area contributed by atoms with E-state index in [1.54, 1.807) is 6.07 Å². The van der Waals surface area contributed by atoms with Crippen LogP contribution < -0.4 is 0 Å². The second-order valence-corrected chi connectivity index (χ2v) is 8.94. The SMILES string of the molecule is OC(c1ccccc1)(c1nnc(Cc2ccc3c(C4CCCC4)nsc3c2)o1)C(F)(F)F. The monoisotopic (exact) mass is 459 g/mol. The topological polar surface area (TPSA) is 72.0 Å². The molecule has 2 aromatic carbocycles. The summed E-state index contributed by atoms with van der Waals surface area (Å²) >= 11 is 1.43. The highest BCUT2D eigenvalue weighted by atomic mass is 32.1. The van der Waals surface area contributed by atoms with Gasteiger partial charge in [-0.05, 0) is 36.0 Å². The lowest BCUT2D eigenvalue weighted by Gasteiger charge is -2.27. The van der Waals surface area contributed by atoms with Gasteiger partial charge in [0, 0.05) is 16.9 Å². The molecule has 5 nitrogen and oxygen atoms in total. The van der Waals surface area contributed by atoms with Crippen molar-refractivity contribution in [3.63, 3.8) is 0 Å². The number of benzene rings is 2. The molecule has 0 radical (unpaired) electrons. The molecule has 4 aromatic rings. The first-order valence-electron chi connectivity index (χ1n) is 10.4. The summed E-state index contributed by atoms with van der Waals surface area (Å²) < 4.78 is 52.5. The minimum atomic E-state index is -5.03. The maximum Gasteiger partial charge on any atom is 0.430 e. The van der Waals surface area contributed by atoms with E-state index in [2.05, 4.69) is 14.6 Å². The molecule has 32 heavy (non-hydrogen) atoms. The van der Waals surface area contributed by atoms with Crippen molar-refractivity contribution in [1.29, 1.82) is 0 Å². The largest absolute Gasteiger partial charge is 0.430 e. The standard InChI is InChI=1S/C23H20F3N3O2S/c24-23(25,26)22(30,16-8-2-1-3-9-16)21-28-27-19(31-21)13-14-10-11-17-18(12-14)32-29-20(17)15-6-4-5-7-15/h1-3,8-12,15,30H,4-7,13H2. The second kappa shape index (κ2) is 7.97. The summed E-state index contributed by atoms with van der Waals surface area (Å²) in [5.74, 6) is -0.391. The number of nitrogens with zero attached hydrogens (tertiary/aromatic N) is 3. The predicted octanol–water partition coefficient (Wildman–Crippen LogP) is 5.73. The molecular weight excluding hydrogens is 439 g/mol. The van der Waals surface area contributed by atoms with Gasteiger partial charge in [-0.25, -0.2) is 0 Å². The van der Waals surface area contributed by atoms with Crippen LogP contribution >= 0.6 is 11.5 Å². The van der Waals surface area contributed by atoms with E-state index >= 15 is 0 Å². The summed E-state index contributed by atoms with van der Waals surface area (Å²) in [5, 5.41) is 19.0. The molecule has 1 fully saturated rings. The summed E-state index contributed by atoms with van der Waals surface area (Å²) in [5.41, 5.74) is -1.79. The normalized spacial score (nSPS) is 17.1. The lowest BCUT2D eigenvalue weighted by molar-refractivity contribution is -0.255. The predicted molar refractivity (Wildman–Crippen MR) is 113 cm³/mol. The van der Waals surface area contributed by atoms with Gasteiger partial charge in [0.05, 0.1) is 16.8 Å². The van der Waals surface area contributed by atoms with Crippen molar-refractivity contribution in [3.8, 4) is 0 Å². The molecule has 0 bridgehead atoms. The molecule has 1 aliphatic carbocycles. The molecule has 1 saturated carbocycles.